The molecule has 0 aliphatic carbocycles. The highest BCUT2D eigenvalue weighted by Gasteiger charge is 2.15. The van der Waals surface area contributed by atoms with Crippen molar-refractivity contribution in [3.63, 3.8) is 0 Å². The first-order valence-corrected chi connectivity index (χ1v) is 6.79. The van der Waals surface area contributed by atoms with Gasteiger partial charge < -0.3 is 15.4 Å². The third-order valence-electron chi connectivity index (χ3n) is 2.44. The number of amides is 1. The first kappa shape index (κ1) is 16.4. The molecule has 0 unspecified atom stereocenters. The summed E-state index contributed by atoms with van der Waals surface area (Å²) >= 11 is 0. The summed E-state index contributed by atoms with van der Waals surface area (Å²) in [5.74, 6) is -0.227. The van der Waals surface area contributed by atoms with E-state index in [1.807, 2.05) is 20.8 Å². The molecule has 1 aromatic rings. The fourth-order valence-corrected chi connectivity index (χ4v) is 1.55. The molecule has 0 fully saturated rings. The maximum Gasteiger partial charge on any atom is 0.407 e. The molecule has 0 saturated carbocycles. The van der Waals surface area contributed by atoms with Gasteiger partial charge in [0.2, 0.25) is 0 Å². The predicted molar refractivity (Wildman–Crippen MR) is 77.0 cm³/mol. The Kier molecular flexibility index (Phi) is 6.45. The zero-order chi connectivity index (χ0) is 15.0. The zero-order valence-electron chi connectivity index (χ0n) is 12.3. The monoisotopic (exact) mass is 282 g/mol. The molecule has 1 amide bonds. The van der Waals surface area contributed by atoms with Gasteiger partial charge in [0, 0.05) is 13.1 Å². The Hall–Kier alpha value is -1.62. The number of rotatable bonds is 6. The predicted octanol–water partition coefficient (Wildman–Crippen LogP) is 2.83. The van der Waals surface area contributed by atoms with E-state index in [9.17, 15) is 9.18 Å². The summed E-state index contributed by atoms with van der Waals surface area (Å²) in [5.41, 5.74) is 0.566. The molecule has 0 aliphatic rings. The van der Waals surface area contributed by atoms with E-state index in [-0.39, 0.29) is 5.82 Å². The molecule has 0 spiro atoms. The van der Waals surface area contributed by atoms with Crippen molar-refractivity contribution in [3.05, 3.63) is 35.6 Å². The number of halogens is 1. The maximum atomic E-state index is 12.7. The first-order valence-electron chi connectivity index (χ1n) is 6.79. The van der Waals surface area contributed by atoms with Gasteiger partial charge in [-0.05, 0) is 51.4 Å². The molecule has 1 rings (SSSR count). The van der Waals surface area contributed by atoms with E-state index >= 15 is 0 Å². The van der Waals surface area contributed by atoms with E-state index in [4.69, 9.17) is 4.74 Å². The number of ether oxygens (including phenoxy) is 1. The summed E-state index contributed by atoms with van der Waals surface area (Å²) in [6, 6.07) is 6.39. The minimum Gasteiger partial charge on any atom is -0.444 e. The summed E-state index contributed by atoms with van der Waals surface area (Å²) in [4.78, 5) is 11.4. The summed E-state index contributed by atoms with van der Waals surface area (Å²) in [5, 5.41) is 5.92. The molecule has 0 aliphatic heterocycles. The van der Waals surface area contributed by atoms with Gasteiger partial charge in [-0.3, -0.25) is 0 Å². The Morgan fingerprint density at radius 3 is 2.45 bits per heavy atom. The number of carbonyl (C=O) groups excluding carboxylic acids is 1. The molecule has 0 saturated heterocycles. The van der Waals surface area contributed by atoms with Gasteiger partial charge in [-0.25, -0.2) is 9.18 Å². The average molecular weight is 282 g/mol. The average Bonchev–Trinajstić information content (AvgIpc) is 2.33. The van der Waals surface area contributed by atoms with Crippen LogP contribution in [-0.2, 0) is 11.3 Å². The normalized spacial score (nSPS) is 11.2. The van der Waals surface area contributed by atoms with Crippen LogP contribution >= 0.6 is 0 Å². The second kappa shape index (κ2) is 7.85. The summed E-state index contributed by atoms with van der Waals surface area (Å²) in [7, 11) is 0. The second-order valence-corrected chi connectivity index (χ2v) is 5.59. The Balaban J connectivity index is 2.05. The topological polar surface area (TPSA) is 50.4 Å². The molecule has 2 N–H and O–H groups in total. The summed E-state index contributed by atoms with van der Waals surface area (Å²) in [6.45, 7) is 7.51. The second-order valence-electron chi connectivity index (χ2n) is 5.59. The van der Waals surface area contributed by atoms with Gasteiger partial charge in [0.15, 0.2) is 0 Å². The molecule has 5 heteroatoms. The fraction of sp³-hybridized carbons (Fsp3) is 0.533. The highest BCUT2D eigenvalue weighted by molar-refractivity contribution is 5.67. The fourth-order valence-electron chi connectivity index (χ4n) is 1.55. The molecule has 0 radical (unpaired) electrons. The third-order valence-corrected chi connectivity index (χ3v) is 2.44. The Morgan fingerprint density at radius 1 is 1.20 bits per heavy atom. The molecule has 0 heterocycles. The molecule has 1 aromatic carbocycles. The van der Waals surface area contributed by atoms with Gasteiger partial charge >= 0.3 is 6.09 Å². The van der Waals surface area contributed by atoms with Gasteiger partial charge in [-0.15, -0.1) is 0 Å². The number of alkyl carbamates (subject to hydrolysis) is 1. The number of carbonyl (C=O) groups is 1. The van der Waals surface area contributed by atoms with Gasteiger partial charge in [-0.1, -0.05) is 12.1 Å². The van der Waals surface area contributed by atoms with Crippen LogP contribution in [-0.4, -0.2) is 24.8 Å². The zero-order valence-corrected chi connectivity index (χ0v) is 12.3. The van der Waals surface area contributed by atoms with Crippen molar-refractivity contribution in [2.75, 3.05) is 13.1 Å². The first-order chi connectivity index (χ1) is 9.37. The van der Waals surface area contributed by atoms with Gasteiger partial charge in [0.05, 0.1) is 0 Å². The van der Waals surface area contributed by atoms with Crippen molar-refractivity contribution in [3.8, 4) is 0 Å². The van der Waals surface area contributed by atoms with E-state index < -0.39 is 11.7 Å². The number of nitrogens with one attached hydrogen (secondary N) is 2. The molecule has 0 atom stereocenters. The SMILES string of the molecule is CC(C)(C)OC(=O)NCCCNCc1ccc(F)cc1. The van der Waals surface area contributed by atoms with E-state index in [1.54, 1.807) is 12.1 Å². The van der Waals surface area contributed by atoms with Crippen LogP contribution < -0.4 is 10.6 Å². The van der Waals surface area contributed by atoms with Gasteiger partial charge in [0.25, 0.3) is 0 Å². The molecule has 0 aromatic heterocycles. The smallest absolute Gasteiger partial charge is 0.407 e. The quantitative estimate of drug-likeness (QED) is 0.789. The van der Waals surface area contributed by atoms with Crippen LogP contribution in [0.5, 0.6) is 0 Å². The summed E-state index contributed by atoms with van der Waals surface area (Å²) in [6.07, 6.45) is 0.413. The Morgan fingerprint density at radius 2 is 1.85 bits per heavy atom. The van der Waals surface area contributed by atoms with E-state index in [0.717, 1.165) is 18.5 Å². The van der Waals surface area contributed by atoms with Crippen molar-refractivity contribution in [2.24, 2.45) is 0 Å². The minimum absolute atomic E-state index is 0.227. The van der Waals surface area contributed by atoms with Crippen LogP contribution in [0.15, 0.2) is 24.3 Å². The molecule has 0 bridgehead atoms. The third kappa shape index (κ3) is 7.74. The maximum absolute atomic E-state index is 12.7. The van der Waals surface area contributed by atoms with Crippen molar-refractivity contribution in [2.45, 2.75) is 39.3 Å². The molecular weight excluding hydrogens is 259 g/mol. The lowest BCUT2D eigenvalue weighted by atomic mass is 10.2. The lowest BCUT2D eigenvalue weighted by molar-refractivity contribution is 0.0527. The van der Waals surface area contributed by atoms with Crippen molar-refractivity contribution < 1.29 is 13.9 Å². The van der Waals surface area contributed by atoms with Crippen LogP contribution in [0.4, 0.5) is 9.18 Å². The highest BCUT2D eigenvalue weighted by atomic mass is 19.1. The van der Waals surface area contributed by atoms with Crippen molar-refractivity contribution >= 4 is 6.09 Å². The van der Waals surface area contributed by atoms with Crippen molar-refractivity contribution in [1.29, 1.82) is 0 Å². The Bertz CT molecular complexity index is 413. The highest BCUT2D eigenvalue weighted by Crippen LogP contribution is 2.06. The lowest BCUT2D eigenvalue weighted by Gasteiger charge is -2.19. The van der Waals surface area contributed by atoms with E-state index in [0.29, 0.717) is 13.1 Å². The van der Waals surface area contributed by atoms with Crippen molar-refractivity contribution in [1.82, 2.24) is 10.6 Å². The molecule has 20 heavy (non-hydrogen) atoms. The molecule has 4 nitrogen and oxygen atoms in total. The lowest BCUT2D eigenvalue weighted by Crippen LogP contribution is -2.33. The molecule has 112 valence electrons. The number of hydrogen-bond acceptors (Lipinski definition) is 3. The van der Waals surface area contributed by atoms with Crippen LogP contribution in [0.25, 0.3) is 0 Å². The van der Waals surface area contributed by atoms with Crippen LogP contribution in [0.3, 0.4) is 0 Å². The standard InChI is InChI=1S/C15H23FN2O2/c1-15(2,3)20-14(19)18-10-4-9-17-11-12-5-7-13(16)8-6-12/h5-8,17H,4,9-11H2,1-3H3,(H,18,19). The minimum atomic E-state index is -0.467. The number of benzene rings is 1. The van der Waals surface area contributed by atoms with Crippen LogP contribution in [0.1, 0.15) is 32.8 Å². The van der Waals surface area contributed by atoms with Crippen LogP contribution in [0.2, 0.25) is 0 Å². The van der Waals surface area contributed by atoms with Gasteiger partial charge in [-0.2, -0.15) is 0 Å². The largest absolute Gasteiger partial charge is 0.444 e. The van der Waals surface area contributed by atoms with Gasteiger partial charge in [0.1, 0.15) is 11.4 Å². The Labute approximate surface area is 119 Å². The van der Waals surface area contributed by atoms with E-state index in [1.165, 1.54) is 12.1 Å². The van der Waals surface area contributed by atoms with E-state index in [2.05, 4.69) is 10.6 Å². The summed E-state index contributed by atoms with van der Waals surface area (Å²) < 4.78 is 17.8. The van der Waals surface area contributed by atoms with Crippen LogP contribution in [0, 0.1) is 5.82 Å². The molecular formula is C15H23FN2O2. The number of hydrogen-bond donors (Lipinski definition) is 2.